The van der Waals surface area contributed by atoms with Gasteiger partial charge in [0.2, 0.25) is 0 Å². The molecule has 0 radical (unpaired) electrons. The fourth-order valence-corrected chi connectivity index (χ4v) is 2.75. The lowest BCUT2D eigenvalue weighted by atomic mass is 10.2. The third-order valence-corrected chi connectivity index (χ3v) is 3.93. The second-order valence-electron chi connectivity index (χ2n) is 5.27. The molecule has 2 N–H and O–H groups in total. The maximum Gasteiger partial charge on any atom is 0.120 e. The van der Waals surface area contributed by atoms with E-state index >= 15 is 0 Å². The molecule has 1 saturated heterocycles. The minimum atomic E-state index is 0.822. The van der Waals surface area contributed by atoms with Gasteiger partial charge in [0, 0.05) is 49.3 Å². The van der Waals surface area contributed by atoms with Crippen molar-refractivity contribution in [1.82, 2.24) is 0 Å². The van der Waals surface area contributed by atoms with Crippen LogP contribution in [0.1, 0.15) is 0 Å². The van der Waals surface area contributed by atoms with E-state index in [-0.39, 0.29) is 0 Å². The first-order valence-electron chi connectivity index (χ1n) is 7.26. The van der Waals surface area contributed by atoms with Gasteiger partial charge in [-0.3, -0.25) is 0 Å². The van der Waals surface area contributed by atoms with Crippen LogP contribution in [0.25, 0.3) is 0 Å². The van der Waals surface area contributed by atoms with Crippen LogP contribution in [0.15, 0.2) is 48.5 Å². The number of hydrogen-bond acceptors (Lipinski definition) is 4. The molecule has 0 amide bonds. The van der Waals surface area contributed by atoms with Crippen LogP contribution in [0.5, 0.6) is 5.75 Å². The lowest BCUT2D eigenvalue weighted by molar-refractivity contribution is 0.414. The van der Waals surface area contributed by atoms with E-state index in [0.717, 1.165) is 37.6 Å². The maximum absolute atomic E-state index is 5.86. The van der Waals surface area contributed by atoms with Crippen molar-refractivity contribution in [1.29, 1.82) is 0 Å². The molecule has 0 unspecified atom stereocenters. The molecule has 2 aromatic carbocycles. The monoisotopic (exact) mass is 283 g/mol. The summed E-state index contributed by atoms with van der Waals surface area (Å²) in [5, 5.41) is 0. The maximum atomic E-state index is 5.86. The zero-order valence-corrected chi connectivity index (χ0v) is 12.3. The summed E-state index contributed by atoms with van der Waals surface area (Å²) in [6, 6.07) is 16.4. The standard InChI is InChI=1S/C17H21N3O/c1-21-17-7-3-6-16(13-17)20-10-8-19(9-11-20)15-5-2-4-14(18)12-15/h2-7,12-13H,8-11,18H2,1H3. The first-order chi connectivity index (χ1) is 10.3. The van der Waals surface area contributed by atoms with Crippen LogP contribution in [-0.2, 0) is 0 Å². The van der Waals surface area contributed by atoms with Crippen molar-refractivity contribution < 1.29 is 4.74 Å². The van der Waals surface area contributed by atoms with Crippen LogP contribution in [0.2, 0.25) is 0 Å². The molecule has 0 bridgehead atoms. The van der Waals surface area contributed by atoms with Crippen molar-refractivity contribution >= 4 is 17.1 Å². The molecule has 3 rings (SSSR count). The van der Waals surface area contributed by atoms with E-state index in [1.807, 2.05) is 30.3 Å². The molecule has 2 aromatic rings. The first kappa shape index (κ1) is 13.6. The number of ether oxygens (including phenoxy) is 1. The van der Waals surface area contributed by atoms with Crippen LogP contribution in [0.3, 0.4) is 0 Å². The minimum Gasteiger partial charge on any atom is -0.497 e. The Kier molecular flexibility index (Phi) is 3.86. The Bertz CT molecular complexity index is 606. The summed E-state index contributed by atoms with van der Waals surface area (Å²) in [6.45, 7) is 4.01. The Morgan fingerprint density at radius 2 is 1.43 bits per heavy atom. The van der Waals surface area contributed by atoms with Crippen molar-refractivity contribution in [3.8, 4) is 5.75 Å². The predicted molar refractivity (Wildman–Crippen MR) is 88.3 cm³/mol. The summed E-state index contributed by atoms with van der Waals surface area (Å²) in [7, 11) is 1.71. The third kappa shape index (κ3) is 3.05. The summed E-state index contributed by atoms with van der Waals surface area (Å²) in [4.78, 5) is 4.78. The predicted octanol–water partition coefficient (Wildman–Crippen LogP) is 2.60. The van der Waals surface area contributed by atoms with Crippen LogP contribution >= 0.6 is 0 Å². The molecular weight excluding hydrogens is 262 g/mol. The lowest BCUT2D eigenvalue weighted by Crippen LogP contribution is -2.46. The van der Waals surface area contributed by atoms with Gasteiger partial charge in [-0.15, -0.1) is 0 Å². The van der Waals surface area contributed by atoms with Gasteiger partial charge < -0.3 is 20.3 Å². The first-order valence-corrected chi connectivity index (χ1v) is 7.26. The van der Waals surface area contributed by atoms with Gasteiger partial charge in [-0.2, -0.15) is 0 Å². The Hall–Kier alpha value is -2.36. The molecular formula is C17H21N3O. The molecule has 0 spiro atoms. The molecule has 4 nitrogen and oxygen atoms in total. The van der Waals surface area contributed by atoms with E-state index in [1.54, 1.807) is 7.11 Å². The van der Waals surface area contributed by atoms with Crippen molar-refractivity contribution in [2.45, 2.75) is 0 Å². The van der Waals surface area contributed by atoms with E-state index in [4.69, 9.17) is 10.5 Å². The highest BCUT2D eigenvalue weighted by atomic mass is 16.5. The van der Waals surface area contributed by atoms with Gasteiger partial charge in [-0.05, 0) is 30.3 Å². The highest BCUT2D eigenvalue weighted by Gasteiger charge is 2.17. The Labute approximate surface area is 125 Å². The molecule has 1 fully saturated rings. The SMILES string of the molecule is COc1cccc(N2CCN(c3cccc(N)c3)CC2)c1. The summed E-state index contributed by atoms with van der Waals surface area (Å²) < 4.78 is 5.30. The van der Waals surface area contributed by atoms with Crippen LogP contribution in [0.4, 0.5) is 17.1 Å². The van der Waals surface area contributed by atoms with Gasteiger partial charge in [0.25, 0.3) is 0 Å². The Morgan fingerprint density at radius 3 is 2.00 bits per heavy atom. The largest absolute Gasteiger partial charge is 0.497 e. The molecule has 1 heterocycles. The number of rotatable bonds is 3. The molecule has 0 aromatic heterocycles. The fraction of sp³-hybridized carbons (Fsp3) is 0.294. The normalized spacial score (nSPS) is 15.1. The van der Waals surface area contributed by atoms with E-state index < -0.39 is 0 Å². The molecule has 1 aliphatic rings. The Morgan fingerprint density at radius 1 is 0.857 bits per heavy atom. The van der Waals surface area contributed by atoms with Gasteiger partial charge in [0.05, 0.1) is 7.11 Å². The van der Waals surface area contributed by atoms with E-state index in [2.05, 4.69) is 28.0 Å². The third-order valence-electron chi connectivity index (χ3n) is 3.93. The molecule has 0 aliphatic carbocycles. The number of nitrogens with zero attached hydrogens (tertiary/aromatic N) is 2. The zero-order valence-electron chi connectivity index (χ0n) is 12.3. The average Bonchev–Trinajstić information content (AvgIpc) is 2.55. The van der Waals surface area contributed by atoms with E-state index in [0.29, 0.717) is 0 Å². The molecule has 21 heavy (non-hydrogen) atoms. The van der Waals surface area contributed by atoms with Crippen molar-refractivity contribution in [3.63, 3.8) is 0 Å². The highest BCUT2D eigenvalue weighted by Crippen LogP contribution is 2.24. The number of hydrogen-bond donors (Lipinski definition) is 1. The number of anilines is 3. The number of benzene rings is 2. The van der Waals surface area contributed by atoms with Crippen LogP contribution in [0, 0.1) is 0 Å². The minimum absolute atomic E-state index is 0.822. The van der Waals surface area contributed by atoms with Crippen molar-refractivity contribution in [2.75, 3.05) is 48.8 Å². The number of nitrogens with two attached hydrogens (primary N) is 1. The van der Waals surface area contributed by atoms with Crippen LogP contribution < -0.4 is 20.3 Å². The summed E-state index contributed by atoms with van der Waals surface area (Å²) in [5.41, 5.74) is 9.12. The lowest BCUT2D eigenvalue weighted by Gasteiger charge is -2.37. The van der Waals surface area contributed by atoms with Crippen molar-refractivity contribution in [3.05, 3.63) is 48.5 Å². The molecule has 0 saturated carbocycles. The Balaban J connectivity index is 1.67. The number of nitrogen functional groups attached to an aromatic ring is 1. The quantitative estimate of drug-likeness (QED) is 0.879. The van der Waals surface area contributed by atoms with Crippen molar-refractivity contribution in [2.24, 2.45) is 0 Å². The second-order valence-corrected chi connectivity index (χ2v) is 5.27. The van der Waals surface area contributed by atoms with Gasteiger partial charge in [-0.25, -0.2) is 0 Å². The molecule has 1 aliphatic heterocycles. The van der Waals surface area contributed by atoms with Gasteiger partial charge in [-0.1, -0.05) is 12.1 Å². The smallest absolute Gasteiger partial charge is 0.120 e. The average molecular weight is 283 g/mol. The number of piperazine rings is 1. The molecule has 0 atom stereocenters. The zero-order chi connectivity index (χ0) is 14.7. The summed E-state index contributed by atoms with van der Waals surface area (Å²) >= 11 is 0. The molecule has 4 heteroatoms. The molecule has 110 valence electrons. The van der Waals surface area contributed by atoms with Gasteiger partial charge >= 0.3 is 0 Å². The topological polar surface area (TPSA) is 41.7 Å². The highest BCUT2D eigenvalue weighted by molar-refractivity contribution is 5.58. The summed E-state index contributed by atoms with van der Waals surface area (Å²) in [6.07, 6.45) is 0. The fourth-order valence-electron chi connectivity index (χ4n) is 2.75. The number of methoxy groups -OCH3 is 1. The summed E-state index contributed by atoms with van der Waals surface area (Å²) in [5.74, 6) is 0.908. The van der Waals surface area contributed by atoms with Gasteiger partial charge in [0.15, 0.2) is 0 Å². The van der Waals surface area contributed by atoms with E-state index in [1.165, 1.54) is 11.4 Å². The second kappa shape index (κ2) is 5.95. The van der Waals surface area contributed by atoms with Gasteiger partial charge in [0.1, 0.15) is 5.75 Å². The van der Waals surface area contributed by atoms with Crippen LogP contribution in [-0.4, -0.2) is 33.3 Å². The van der Waals surface area contributed by atoms with E-state index in [9.17, 15) is 0 Å².